The van der Waals surface area contributed by atoms with E-state index in [-0.39, 0.29) is 16.7 Å². The van der Waals surface area contributed by atoms with Gasteiger partial charge in [0.05, 0.1) is 16.5 Å². The van der Waals surface area contributed by atoms with Crippen LogP contribution in [-0.4, -0.2) is 42.6 Å². The molecular weight excluding hydrogens is 352 g/mol. The number of thioether (sulfide) groups is 1. The molecule has 0 spiro atoms. The zero-order valence-corrected chi connectivity index (χ0v) is 15.3. The first-order chi connectivity index (χ1) is 11.4. The van der Waals surface area contributed by atoms with E-state index in [0.717, 1.165) is 0 Å². The van der Waals surface area contributed by atoms with Crippen molar-refractivity contribution in [2.24, 2.45) is 4.99 Å². The summed E-state index contributed by atoms with van der Waals surface area (Å²) in [7, 11) is 3.30. The molecule has 0 unspecified atom stereocenters. The molecule has 24 heavy (non-hydrogen) atoms. The van der Waals surface area contributed by atoms with Gasteiger partial charge in [-0.25, -0.2) is 0 Å². The zero-order valence-electron chi connectivity index (χ0n) is 13.8. The summed E-state index contributed by atoms with van der Waals surface area (Å²) in [5, 5.41) is 0.857. The molecule has 1 amide bonds. The van der Waals surface area contributed by atoms with Crippen molar-refractivity contribution in [3.63, 3.8) is 0 Å². The Morgan fingerprint density at radius 3 is 2.71 bits per heavy atom. The topological polar surface area (TPSA) is 68.2 Å². The van der Waals surface area contributed by atoms with E-state index in [1.807, 2.05) is 6.92 Å². The second-order valence-corrected chi connectivity index (χ2v) is 6.25. The standard InChI is InChI=1S/C16H17ClN2O4S/c1-5-22-12-7-10(6-11(17)14(12)23-9(2)20)8-13-15(21)19(4)16(18-3)24-13/h6-8H,5H2,1-4H3. The lowest BCUT2D eigenvalue weighted by Crippen LogP contribution is -2.23. The van der Waals surface area contributed by atoms with Crippen molar-refractivity contribution in [2.45, 2.75) is 13.8 Å². The first-order valence-corrected chi connectivity index (χ1v) is 8.36. The van der Waals surface area contributed by atoms with Crippen LogP contribution in [0.3, 0.4) is 0 Å². The van der Waals surface area contributed by atoms with Gasteiger partial charge in [-0.2, -0.15) is 0 Å². The van der Waals surface area contributed by atoms with Gasteiger partial charge in [0.2, 0.25) is 0 Å². The summed E-state index contributed by atoms with van der Waals surface area (Å²) in [6.45, 7) is 3.48. The number of amides is 1. The number of rotatable bonds is 4. The number of benzene rings is 1. The number of ether oxygens (including phenoxy) is 2. The molecule has 0 aliphatic carbocycles. The average Bonchev–Trinajstić information content (AvgIpc) is 2.78. The van der Waals surface area contributed by atoms with Crippen LogP contribution in [0.5, 0.6) is 11.5 Å². The lowest BCUT2D eigenvalue weighted by atomic mass is 10.1. The maximum absolute atomic E-state index is 12.2. The molecule has 1 aromatic rings. The molecule has 1 aromatic carbocycles. The molecule has 1 heterocycles. The molecule has 2 rings (SSSR count). The van der Waals surface area contributed by atoms with Gasteiger partial charge in [0.15, 0.2) is 16.7 Å². The molecule has 0 radical (unpaired) electrons. The fourth-order valence-corrected chi connectivity index (χ4v) is 3.26. The Morgan fingerprint density at radius 1 is 1.46 bits per heavy atom. The van der Waals surface area contributed by atoms with E-state index in [1.54, 1.807) is 32.3 Å². The molecule has 0 N–H and O–H groups in total. The predicted octanol–water partition coefficient (Wildman–Crippen LogP) is 3.20. The van der Waals surface area contributed by atoms with Crippen molar-refractivity contribution in [1.29, 1.82) is 0 Å². The van der Waals surface area contributed by atoms with Gasteiger partial charge in [-0.15, -0.1) is 0 Å². The SMILES string of the molecule is CCOc1cc(C=C2SC(=NC)N(C)C2=O)cc(Cl)c1OC(C)=O. The van der Waals surface area contributed by atoms with E-state index in [1.165, 1.54) is 23.6 Å². The molecule has 128 valence electrons. The first kappa shape index (κ1) is 18.4. The normalized spacial score (nSPS) is 17.7. The van der Waals surface area contributed by atoms with E-state index in [4.69, 9.17) is 21.1 Å². The molecule has 1 fully saturated rings. The number of likely N-dealkylation sites (N-methyl/N-ethyl adjacent to an activating group) is 1. The highest BCUT2D eigenvalue weighted by Crippen LogP contribution is 2.39. The van der Waals surface area contributed by atoms with Gasteiger partial charge in [0.25, 0.3) is 5.91 Å². The number of aliphatic imine (C=N–C) groups is 1. The largest absolute Gasteiger partial charge is 0.490 e. The molecule has 8 heteroatoms. The average molecular weight is 369 g/mol. The van der Waals surface area contributed by atoms with Crippen molar-refractivity contribution in [2.75, 3.05) is 20.7 Å². The van der Waals surface area contributed by atoms with Crippen molar-refractivity contribution in [3.8, 4) is 11.5 Å². The number of esters is 1. The van der Waals surface area contributed by atoms with Gasteiger partial charge in [0, 0.05) is 21.0 Å². The maximum Gasteiger partial charge on any atom is 0.308 e. The van der Waals surface area contributed by atoms with Crippen LogP contribution < -0.4 is 9.47 Å². The quantitative estimate of drug-likeness (QED) is 0.464. The number of carbonyl (C=O) groups is 2. The fourth-order valence-electron chi connectivity index (χ4n) is 2.08. The van der Waals surface area contributed by atoms with Crippen LogP contribution in [0.1, 0.15) is 19.4 Å². The fraction of sp³-hybridized carbons (Fsp3) is 0.312. The molecular formula is C16H17ClN2O4S. The van der Waals surface area contributed by atoms with Crippen molar-refractivity contribution in [1.82, 2.24) is 4.90 Å². The first-order valence-electron chi connectivity index (χ1n) is 7.16. The van der Waals surface area contributed by atoms with Crippen LogP contribution in [0, 0.1) is 0 Å². The van der Waals surface area contributed by atoms with Crippen LogP contribution in [0.4, 0.5) is 0 Å². The molecule has 0 saturated carbocycles. The second-order valence-electron chi connectivity index (χ2n) is 4.84. The lowest BCUT2D eigenvalue weighted by molar-refractivity contribution is -0.132. The van der Waals surface area contributed by atoms with Crippen molar-refractivity contribution < 1.29 is 19.1 Å². The number of halogens is 1. The maximum atomic E-state index is 12.2. The predicted molar refractivity (Wildman–Crippen MR) is 95.6 cm³/mol. The highest BCUT2D eigenvalue weighted by atomic mass is 35.5. The minimum Gasteiger partial charge on any atom is -0.490 e. The minimum atomic E-state index is -0.490. The van der Waals surface area contributed by atoms with Crippen LogP contribution in [0.25, 0.3) is 6.08 Å². The van der Waals surface area contributed by atoms with Crippen LogP contribution >= 0.6 is 23.4 Å². The zero-order chi connectivity index (χ0) is 17.9. The third kappa shape index (κ3) is 3.91. The molecule has 1 aliphatic rings. The van der Waals surface area contributed by atoms with Gasteiger partial charge in [-0.05, 0) is 42.5 Å². The van der Waals surface area contributed by atoms with Gasteiger partial charge >= 0.3 is 5.97 Å². The Hall–Kier alpha value is -1.99. The van der Waals surface area contributed by atoms with Crippen molar-refractivity contribution >= 4 is 46.5 Å². The number of carbonyl (C=O) groups excluding carboxylic acids is 2. The summed E-state index contributed by atoms with van der Waals surface area (Å²) in [4.78, 5) is 29.5. The second kappa shape index (κ2) is 7.72. The summed E-state index contributed by atoms with van der Waals surface area (Å²) in [5.41, 5.74) is 0.668. The summed E-state index contributed by atoms with van der Waals surface area (Å²) in [6.07, 6.45) is 1.70. The Kier molecular flexibility index (Phi) is 5.90. The summed E-state index contributed by atoms with van der Waals surface area (Å²) >= 11 is 7.49. The van der Waals surface area contributed by atoms with Gasteiger partial charge in [-0.1, -0.05) is 11.6 Å². The number of hydrogen-bond donors (Lipinski definition) is 0. The Bertz CT molecular complexity index is 746. The Morgan fingerprint density at radius 2 is 2.17 bits per heavy atom. The van der Waals surface area contributed by atoms with Gasteiger partial charge in [-0.3, -0.25) is 19.5 Å². The Balaban J connectivity index is 2.43. The summed E-state index contributed by atoms with van der Waals surface area (Å²) in [5.74, 6) is -0.110. The number of amidine groups is 1. The van der Waals surface area contributed by atoms with E-state index in [2.05, 4.69) is 4.99 Å². The lowest BCUT2D eigenvalue weighted by Gasteiger charge is -2.12. The van der Waals surface area contributed by atoms with Crippen LogP contribution in [0.2, 0.25) is 5.02 Å². The highest BCUT2D eigenvalue weighted by molar-refractivity contribution is 8.18. The molecule has 0 aromatic heterocycles. The summed E-state index contributed by atoms with van der Waals surface area (Å²) < 4.78 is 10.6. The number of nitrogens with zero attached hydrogens (tertiary/aromatic N) is 2. The Labute approximate surface area is 149 Å². The third-order valence-corrected chi connectivity index (χ3v) is 4.50. The number of hydrogen-bond acceptors (Lipinski definition) is 6. The van der Waals surface area contributed by atoms with E-state index < -0.39 is 5.97 Å². The van der Waals surface area contributed by atoms with E-state index in [9.17, 15) is 9.59 Å². The monoisotopic (exact) mass is 368 g/mol. The van der Waals surface area contributed by atoms with E-state index >= 15 is 0 Å². The van der Waals surface area contributed by atoms with Crippen LogP contribution in [0.15, 0.2) is 22.0 Å². The van der Waals surface area contributed by atoms with Crippen LogP contribution in [-0.2, 0) is 9.59 Å². The van der Waals surface area contributed by atoms with Gasteiger partial charge < -0.3 is 9.47 Å². The molecule has 0 bridgehead atoms. The third-order valence-electron chi connectivity index (χ3n) is 3.07. The van der Waals surface area contributed by atoms with Gasteiger partial charge in [0.1, 0.15) is 0 Å². The summed E-state index contributed by atoms with van der Waals surface area (Å²) in [6, 6.07) is 3.29. The molecule has 6 nitrogen and oxygen atoms in total. The highest BCUT2D eigenvalue weighted by Gasteiger charge is 2.29. The molecule has 1 saturated heterocycles. The molecule has 0 atom stereocenters. The minimum absolute atomic E-state index is 0.140. The van der Waals surface area contributed by atoms with Crippen molar-refractivity contribution in [3.05, 3.63) is 27.6 Å². The molecule has 1 aliphatic heterocycles. The smallest absolute Gasteiger partial charge is 0.308 e. The van der Waals surface area contributed by atoms with E-state index in [0.29, 0.717) is 28.0 Å².